The minimum atomic E-state index is -4.62. The van der Waals surface area contributed by atoms with E-state index < -0.39 is 23.4 Å². The summed E-state index contributed by atoms with van der Waals surface area (Å²) in [6.45, 7) is 6.84. The number of amides is 1. The number of hydrogen-bond donors (Lipinski definition) is 1. The molecule has 0 aliphatic heterocycles. The number of alkyl halides is 3. The first-order valence-corrected chi connectivity index (χ1v) is 8.53. The van der Waals surface area contributed by atoms with Crippen LogP contribution in [0.25, 0.3) is 11.0 Å². The molecule has 2 N–H and O–H groups in total. The predicted molar refractivity (Wildman–Crippen MR) is 90.9 cm³/mol. The third-order valence-corrected chi connectivity index (χ3v) is 4.12. The monoisotopic (exact) mass is 372 g/mol. The first kappa shape index (κ1) is 20.1. The molecule has 0 saturated carbocycles. The molecular formula is C18H23F3N2O3. The highest BCUT2D eigenvalue weighted by Crippen LogP contribution is 2.41. The Hall–Kier alpha value is -2.25. The third kappa shape index (κ3) is 3.78. The van der Waals surface area contributed by atoms with Gasteiger partial charge in [0.15, 0.2) is 16.9 Å². The van der Waals surface area contributed by atoms with Gasteiger partial charge in [0, 0.05) is 5.56 Å². The molecule has 1 aromatic carbocycles. The summed E-state index contributed by atoms with van der Waals surface area (Å²) >= 11 is 0. The highest BCUT2D eigenvalue weighted by atomic mass is 19.4. The number of nitrogens with zero attached hydrogens (tertiary/aromatic N) is 1. The van der Waals surface area contributed by atoms with Crippen molar-refractivity contribution in [2.24, 2.45) is 5.73 Å². The standard InChI is InChI=1S/C18H23F3N2O3/c1-5-7-10-9-12-14(26-23-15(12)18(19,20)21)11(8-6-2)13(10)25-17(3,4)16(22)24/h9H,5-8H2,1-4H3,(H2,22,24). The number of nitrogens with two attached hydrogens (primary N) is 1. The van der Waals surface area contributed by atoms with Crippen molar-refractivity contribution in [3.8, 4) is 5.75 Å². The van der Waals surface area contributed by atoms with Crippen LogP contribution in [0.1, 0.15) is 57.4 Å². The van der Waals surface area contributed by atoms with Crippen LogP contribution in [0.4, 0.5) is 13.2 Å². The molecule has 2 aromatic rings. The van der Waals surface area contributed by atoms with Crippen LogP contribution >= 0.6 is 0 Å². The van der Waals surface area contributed by atoms with Gasteiger partial charge in [-0.15, -0.1) is 0 Å². The molecule has 144 valence electrons. The lowest BCUT2D eigenvalue weighted by Gasteiger charge is -2.26. The number of aryl methyl sites for hydroxylation is 2. The molecular weight excluding hydrogens is 349 g/mol. The third-order valence-electron chi connectivity index (χ3n) is 4.12. The Bertz CT molecular complexity index is 810. The van der Waals surface area contributed by atoms with E-state index in [9.17, 15) is 18.0 Å². The molecule has 0 aliphatic rings. The lowest BCUT2D eigenvalue weighted by molar-refractivity contribution is -0.141. The summed E-state index contributed by atoms with van der Waals surface area (Å²) in [6.07, 6.45) is -2.37. The zero-order chi connectivity index (χ0) is 19.7. The Labute approximate surface area is 149 Å². The van der Waals surface area contributed by atoms with Crippen molar-refractivity contribution in [2.75, 3.05) is 0 Å². The average Bonchev–Trinajstić information content (AvgIpc) is 2.94. The number of halogens is 3. The average molecular weight is 372 g/mol. The molecule has 1 amide bonds. The number of hydrogen-bond acceptors (Lipinski definition) is 4. The molecule has 1 aromatic heterocycles. The SMILES string of the molecule is CCCc1cc2c(C(F)(F)F)noc2c(CCC)c1OC(C)(C)C(N)=O. The summed E-state index contributed by atoms with van der Waals surface area (Å²) < 4.78 is 50.7. The number of carbonyl (C=O) groups excluding carboxylic acids is 1. The predicted octanol–water partition coefficient (Wildman–Crippen LogP) is 4.39. The molecule has 0 aliphatic carbocycles. The van der Waals surface area contributed by atoms with E-state index in [1.54, 1.807) is 0 Å². The molecule has 5 nitrogen and oxygen atoms in total. The van der Waals surface area contributed by atoms with Gasteiger partial charge in [-0.05, 0) is 38.3 Å². The van der Waals surface area contributed by atoms with E-state index in [4.69, 9.17) is 15.0 Å². The maximum absolute atomic E-state index is 13.2. The van der Waals surface area contributed by atoms with E-state index in [0.717, 1.165) is 0 Å². The van der Waals surface area contributed by atoms with Gasteiger partial charge in [-0.1, -0.05) is 31.8 Å². The zero-order valence-corrected chi connectivity index (χ0v) is 15.3. The van der Waals surface area contributed by atoms with E-state index in [1.807, 2.05) is 13.8 Å². The Morgan fingerprint density at radius 3 is 2.35 bits per heavy atom. The summed E-state index contributed by atoms with van der Waals surface area (Å²) in [5.41, 5.74) is 4.11. The Kier molecular flexibility index (Phi) is 5.53. The second kappa shape index (κ2) is 7.17. The Morgan fingerprint density at radius 1 is 1.23 bits per heavy atom. The molecule has 26 heavy (non-hydrogen) atoms. The van der Waals surface area contributed by atoms with Crippen LogP contribution < -0.4 is 10.5 Å². The van der Waals surface area contributed by atoms with E-state index in [2.05, 4.69) is 5.16 Å². The Morgan fingerprint density at radius 2 is 1.85 bits per heavy atom. The lowest BCUT2D eigenvalue weighted by Crippen LogP contribution is -2.43. The second-order valence-electron chi connectivity index (χ2n) is 6.73. The molecule has 1 heterocycles. The van der Waals surface area contributed by atoms with Gasteiger partial charge in [-0.2, -0.15) is 13.2 Å². The van der Waals surface area contributed by atoms with Crippen molar-refractivity contribution >= 4 is 16.9 Å². The zero-order valence-electron chi connectivity index (χ0n) is 15.3. The van der Waals surface area contributed by atoms with Crippen molar-refractivity contribution < 1.29 is 27.2 Å². The fraction of sp³-hybridized carbons (Fsp3) is 0.556. The molecule has 0 saturated heterocycles. The van der Waals surface area contributed by atoms with Crippen molar-refractivity contribution in [1.82, 2.24) is 5.16 Å². The number of ether oxygens (including phenoxy) is 1. The molecule has 0 unspecified atom stereocenters. The molecule has 0 bridgehead atoms. The number of fused-ring (bicyclic) bond motifs is 1. The van der Waals surface area contributed by atoms with E-state index in [0.29, 0.717) is 42.6 Å². The minimum absolute atomic E-state index is 0.0364. The quantitative estimate of drug-likeness (QED) is 0.782. The van der Waals surface area contributed by atoms with Crippen molar-refractivity contribution in [3.63, 3.8) is 0 Å². The molecule has 8 heteroatoms. The first-order chi connectivity index (χ1) is 12.0. The van der Waals surface area contributed by atoms with Crippen LogP contribution in [0.15, 0.2) is 10.6 Å². The molecule has 2 rings (SSSR count). The van der Waals surface area contributed by atoms with Gasteiger partial charge in [-0.3, -0.25) is 4.79 Å². The smallest absolute Gasteiger partial charge is 0.437 e. The van der Waals surface area contributed by atoms with Crippen LogP contribution in [0, 0.1) is 0 Å². The fourth-order valence-electron chi connectivity index (χ4n) is 2.75. The molecule has 0 fully saturated rings. The van der Waals surface area contributed by atoms with Crippen molar-refractivity contribution in [2.45, 2.75) is 65.2 Å². The highest BCUT2D eigenvalue weighted by molar-refractivity contribution is 5.87. The van der Waals surface area contributed by atoms with Crippen LogP contribution in [0.5, 0.6) is 5.75 Å². The van der Waals surface area contributed by atoms with E-state index >= 15 is 0 Å². The van der Waals surface area contributed by atoms with Gasteiger partial charge < -0.3 is 15.0 Å². The lowest BCUT2D eigenvalue weighted by atomic mass is 9.97. The normalized spacial score (nSPS) is 12.6. The number of primary amides is 1. The topological polar surface area (TPSA) is 78.3 Å². The van der Waals surface area contributed by atoms with Gasteiger partial charge in [0.05, 0.1) is 5.39 Å². The van der Waals surface area contributed by atoms with Gasteiger partial charge >= 0.3 is 6.18 Å². The summed E-state index contributed by atoms with van der Waals surface area (Å²) in [4.78, 5) is 11.7. The fourth-order valence-corrected chi connectivity index (χ4v) is 2.75. The van der Waals surface area contributed by atoms with Crippen LogP contribution in [0.2, 0.25) is 0 Å². The summed E-state index contributed by atoms with van der Waals surface area (Å²) in [5.74, 6) is -0.314. The number of benzene rings is 1. The first-order valence-electron chi connectivity index (χ1n) is 8.53. The number of aromatic nitrogens is 1. The van der Waals surface area contributed by atoms with Gasteiger partial charge in [0.2, 0.25) is 0 Å². The van der Waals surface area contributed by atoms with Gasteiger partial charge in [-0.25, -0.2) is 0 Å². The van der Waals surface area contributed by atoms with Crippen molar-refractivity contribution in [3.05, 3.63) is 22.9 Å². The molecule has 0 atom stereocenters. The minimum Gasteiger partial charge on any atom is -0.477 e. The van der Waals surface area contributed by atoms with Crippen LogP contribution in [0.3, 0.4) is 0 Å². The van der Waals surface area contributed by atoms with Crippen molar-refractivity contribution in [1.29, 1.82) is 0 Å². The van der Waals surface area contributed by atoms with Crippen LogP contribution in [-0.4, -0.2) is 16.7 Å². The second-order valence-corrected chi connectivity index (χ2v) is 6.73. The highest BCUT2D eigenvalue weighted by Gasteiger charge is 2.39. The molecule has 0 radical (unpaired) electrons. The molecule has 0 spiro atoms. The number of rotatable bonds is 7. The largest absolute Gasteiger partial charge is 0.477 e. The van der Waals surface area contributed by atoms with E-state index in [-0.39, 0.29) is 11.0 Å². The Balaban J connectivity index is 2.78. The summed E-state index contributed by atoms with van der Waals surface area (Å²) in [7, 11) is 0. The summed E-state index contributed by atoms with van der Waals surface area (Å²) in [5, 5.41) is 3.15. The number of carbonyl (C=O) groups is 1. The maximum Gasteiger partial charge on any atom is 0.437 e. The van der Waals surface area contributed by atoms with Gasteiger partial charge in [0.1, 0.15) is 5.75 Å². The van der Waals surface area contributed by atoms with Gasteiger partial charge in [0.25, 0.3) is 5.91 Å². The summed E-state index contributed by atoms with van der Waals surface area (Å²) in [6, 6.07) is 1.39. The van der Waals surface area contributed by atoms with Crippen LogP contribution in [-0.2, 0) is 23.8 Å². The maximum atomic E-state index is 13.2. The van der Waals surface area contributed by atoms with E-state index in [1.165, 1.54) is 19.9 Å².